The van der Waals surface area contributed by atoms with Gasteiger partial charge in [-0.3, -0.25) is 4.79 Å². The molecule has 0 heterocycles. The zero-order valence-electron chi connectivity index (χ0n) is 5.61. The third-order valence-corrected chi connectivity index (χ3v) is 1.27. The molecule has 0 aliphatic rings. The van der Waals surface area contributed by atoms with Crippen LogP contribution in [0.2, 0.25) is 0 Å². The lowest BCUT2D eigenvalue weighted by molar-refractivity contribution is -0.144. The predicted molar refractivity (Wildman–Crippen MR) is 33.0 cm³/mol. The number of rotatable bonds is 3. The first-order valence-corrected chi connectivity index (χ1v) is 2.87. The Morgan fingerprint density at radius 3 is 2.60 bits per heavy atom. The van der Waals surface area contributed by atoms with Gasteiger partial charge in [0.2, 0.25) is 0 Å². The zero-order chi connectivity index (χ0) is 8.15. The molecule has 0 radical (unpaired) electrons. The topological polar surface area (TPSA) is 81.3 Å². The standard InChI is InChI=1S/C6H9NO3/c1-4(6(9)10)5(8)2-3-7/h4-5,8H,2H2,1H3,(H,9,10)/t4?,5-/m0/s1. The SMILES string of the molecule is CC(C(=O)O)[C@@H](O)CC#N. The van der Waals surface area contributed by atoms with Gasteiger partial charge < -0.3 is 10.2 Å². The summed E-state index contributed by atoms with van der Waals surface area (Å²) in [6, 6.07) is 1.69. The number of aliphatic hydroxyl groups excluding tert-OH is 1. The van der Waals surface area contributed by atoms with E-state index in [9.17, 15) is 4.79 Å². The van der Waals surface area contributed by atoms with Crippen LogP contribution in [0.4, 0.5) is 0 Å². The van der Waals surface area contributed by atoms with Crippen molar-refractivity contribution in [3.63, 3.8) is 0 Å². The second-order valence-corrected chi connectivity index (χ2v) is 2.06. The Labute approximate surface area is 58.7 Å². The molecule has 0 saturated carbocycles. The van der Waals surface area contributed by atoms with Gasteiger partial charge in [-0.05, 0) is 6.92 Å². The molecule has 0 aromatic rings. The molecule has 0 bridgehead atoms. The molecule has 0 rings (SSSR count). The van der Waals surface area contributed by atoms with E-state index in [0.717, 1.165) is 0 Å². The Morgan fingerprint density at radius 1 is 1.80 bits per heavy atom. The minimum absolute atomic E-state index is 0.131. The lowest BCUT2D eigenvalue weighted by atomic mass is 10.0. The Balaban J connectivity index is 3.84. The van der Waals surface area contributed by atoms with Crippen molar-refractivity contribution in [1.29, 1.82) is 5.26 Å². The van der Waals surface area contributed by atoms with Gasteiger partial charge in [-0.2, -0.15) is 5.26 Å². The second kappa shape index (κ2) is 3.85. The molecule has 1 unspecified atom stereocenters. The molecule has 0 fully saturated rings. The minimum atomic E-state index is -1.08. The minimum Gasteiger partial charge on any atom is -0.481 e. The average molecular weight is 143 g/mol. The highest BCUT2D eigenvalue weighted by Gasteiger charge is 2.20. The van der Waals surface area contributed by atoms with Crippen LogP contribution in [-0.4, -0.2) is 22.3 Å². The Kier molecular flexibility index (Phi) is 3.44. The average Bonchev–Trinajstić information content (AvgIpc) is 1.87. The molecule has 0 amide bonds. The fourth-order valence-corrected chi connectivity index (χ4v) is 0.435. The largest absolute Gasteiger partial charge is 0.481 e. The number of nitriles is 1. The first-order valence-electron chi connectivity index (χ1n) is 2.87. The summed E-state index contributed by atoms with van der Waals surface area (Å²) in [7, 11) is 0. The van der Waals surface area contributed by atoms with E-state index in [-0.39, 0.29) is 6.42 Å². The number of carbonyl (C=O) groups is 1. The van der Waals surface area contributed by atoms with Crippen molar-refractivity contribution in [2.24, 2.45) is 5.92 Å². The highest BCUT2D eigenvalue weighted by atomic mass is 16.4. The molecule has 0 aliphatic carbocycles. The third-order valence-electron chi connectivity index (χ3n) is 1.27. The maximum Gasteiger partial charge on any atom is 0.308 e. The van der Waals surface area contributed by atoms with Gasteiger partial charge in [-0.25, -0.2) is 0 Å². The molecular weight excluding hydrogens is 134 g/mol. The van der Waals surface area contributed by atoms with Crippen LogP contribution >= 0.6 is 0 Å². The van der Waals surface area contributed by atoms with E-state index in [1.807, 2.05) is 0 Å². The smallest absolute Gasteiger partial charge is 0.308 e. The Bertz CT molecular complexity index is 161. The summed E-state index contributed by atoms with van der Waals surface area (Å²) in [4.78, 5) is 10.1. The maximum absolute atomic E-state index is 10.1. The van der Waals surface area contributed by atoms with Gasteiger partial charge in [0, 0.05) is 0 Å². The predicted octanol–water partition coefficient (Wildman–Crippen LogP) is -0.0183. The first kappa shape index (κ1) is 8.92. The van der Waals surface area contributed by atoms with Gasteiger partial charge in [0.05, 0.1) is 24.5 Å². The van der Waals surface area contributed by atoms with Crippen molar-refractivity contribution in [3.05, 3.63) is 0 Å². The number of aliphatic hydroxyl groups is 1. The lowest BCUT2D eigenvalue weighted by Gasteiger charge is -2.09. The van der Waals surface area contributed by atoms with Crippen LogP contribution in [0.1, 0.15) is 13.3 Å². The maximum atomic E-state index is 10.1. The van der Waals surface area contributed by atoms with Crippen LogP contribution in [0.15, 0.2) is 0 Å². The monoisotopic (exact) mass is 143 g/mol. The van der Waals surface area contributed by atoms with E-state index in [2.05, 4.69) is 0 Å². The van der Waals surface area contributed by atoms with E-state index >= 15 is 0 Å². The summed E-state index contributed by atoms with van der Waals surface area (Å²) in [6.45, 7) is 1.37. The van der Waals surface area contributed by atoms with E-state index in [0.29, 0.717) is 0 Å². The molecule has 0 aliphatic heterocycles. The quantitative estimate of drug-likeness (QED) is 0.581. The molecule has 56 valence electrons. The third kappa shape index (κ3) is 2.46. The van der Waals surface area contributed by atoms with Gasteiger partial charge >= 0.3 is 5.97 Å². The summed E-state index contributed by atoms with van der Waals surface area (Å²) in [5.74, 6) is -1.94. The zero-order valence-corrected chi connectivity index (χ0v) is 5.61. The van der Waals surface area contributed by atoms with Gasteiger partial charge in [-0.15, -0.1) is 0 Å². The summed E-state index contributed by atoms with van der Waals surface area (Å²) in [6.07, 6.45) is -1.18. The molecule has 0 saturated heterocycles. The summed E-state index contributed by atoms with van der Waals surface area (Å²) in [5, 5.41) is 25.3. The van der Waals surface area contributed by atoms with Crippen LogP contribution in [0.5, 0.6) is 0 Å². The fourth-order valence-electron chi connectivity index (χ4n) is 0.435. The van der Waals surface area contributed by atoms with Gasteiger partial charge in [0.15, 0.2) is 0 Å². The molecule has 4 nitrogen and oxygen atoms in total. The number of aliphatic carboxylic acids is 1. The van der Waals surface area contributed by atoms with Crippen LogP contribution in [-0.2, 0) is 4.79 Å². The molecule has 10 heavy (non-hydrogen) atoms. The van der Waals surface area contributed by atoms with Crippen molar-refractivity contribution in [3.8, 4) is 6.07 Å². The number of carboxylic acids is 1. The molecule has 0 aromatic heterocycles. The first-order chi connectivity index (χ1) is 4.59. The lowest BCUT2D eigenvalue weighted by Crippen LogP contribution is -2.24. The summed E-state index contributed by atoms with van der Waals surface area (Å²) >= 11 is 0. The van der Waals surface area contributed by atoms with Crippen molar-refractivity contribution < 1.29 is 15.0 Å². The van der Waals surface area contributed by atoms with Crippen LogP contribution < -0.4 is 0 Å². The second-order valence-electron chi connectivity index (χ2n) is 2.06. The molecule has 2 atom stereocenters. The number of carboxylic acid groups (broad SMARTS) is 1. The van der Waals surface area contributed by atoms with E-state index in [4.69, 9.17) is 15.5 Å². The number of hydrogen-bond acceptors (Lipinski definition) is 3. The molecule has 4 heteroatoms. The summed E-state index contributed by atoms with van der Waals surface area (Å²) < 4.78 is 0. The molecule has 0 spiro atoms. The van der Waals surface area contributed by atoms with Crippen LogP contribution in [0.3, 0.4) is 0 Å². The molecular formula is C6H9NO3. The Hall–Kier alpha value is -1.08. The van der Waals surface area contributed by atoms with Crippen LogP contribution in [0, 0.1) is 17.2 Å². The number of nitrogens with zero attached hydrogens (tertiary/aromatic N) is 1. The fraction of sp³-hybridized carbons (Fsp3) is 0.667. The van der Waals surface area contributed by atoms with Crippen molar-refractivity contribution in [2.45, 2.75) is 19.4 Å². The van der Waals surface area contributed by atoms with Gasteiger partial charge in [0.1, 0.15) is 0 Å². The highest BCUT2D eigenvalue weighted by molar-refractivity contribution is 5.70. The van der Waals surface area contributed by atoms with E-state index < -0.39 is 18.0 Å². The molecule has 0 aromatic carbocycles. The van der Waals surface area contributed by atoms with E-state index in [1.165, 1.54) is 6.92 Å². The highest BCUT2D eigenvalue weighted by Crippen LogP contribution is 2.05. The normalized spacial score (nSPS) is 15.3. The molecule has 2 N–H and O–H groups in total. The van der Waals surface area contributed by atoms with Crippen LogP contribution in [0.25, 0.3) is 0 Å². The van der Waals surface area contributed by atoms with Gasteiger partial charge in [-0.1, -0.05) is 0 Å². The van der Waals surface area contributed by atoms with E-state index in [1.54, 1.807) is 6.07 Å². The van der Waals surface area contributed by atoms with Crippen molar-refractivity contribution >= 4 is 5.97 Å². The van der Waals surface area contributed by atoms with Crippen molar-refractivity contribution in [1.82, 2.24) is 0 Å². The summed E-state index contributed by atoms with van der Waals surface area (Å²) in [5.41, 5.74) is 0. The van der Waals surface area contributed by atoms with Crippen molar-refractivity contribution in [2.75, 3.05) is 0 Å². The number of hydrogen-bond donors (Lipinski definition) is 2. The van der Waals surface area contributed by atoms with Gasteiger partial charge in [0.25, 0.3) is 0 Å². The Morgan fingerprint density at radius 2 is 2.30 bits per heavy atom.